The molecule has 0 amide bonds. The average molecular weight is 264 g/mol. The minimum Gasteiger partial charge on any atom is -0.481 e. The molecule has 1 saturated heterocycles. The van der Waals surface area contributed by atoms with Crippen LogP contribution in [0.1, 0.15) is 19.8 Å². The molecule has 1 aliphatic rings. The first-order valence-electron chi connectivity index (χ1n) is 6.62. The van der Waals surface area contributed by atoms with Crippen molar-refractivity contribution < 1.29 is 9.90 Å². The van der Waals surface area contributed by atoms with Crippen LogP contribution in [0.3, 0.4) is 0 Å². The molecule has 1 N–H and O–H groups in total. The van der Waals surface area contributed by atoms with Crippen LogP contribution in [0.4, 0.5) is 0 Å². The molecule has 0 aromatic carbocycles. The first kappa shape index (κ1) is 13.8. The largest absolute Gasteiger partial charge is 0.481 e. The molecular weight excluding hydrogens is 244 g/mol. The zero-order chi connectivity index (χ0) is 13.9. The van der Waals surface area contributed by atoms with Gasteiger partial charge in [-0.1, -0.05) is 6.07 Å². The Morgan fingerprint density at radius 3 is 2.89 bits per heavy atom. The molecule has 1 aromatic rings. The Hall–Kier alpha value is -1.62. The number of aliphatic carboxylic acids is 1. The van der Waals surface area contributed by atoms with E-state index in [4.69, 9.17) is 0 Å². The van der Waals surface area contributed by atoms with Crippen LogP contribution in [0.15, 0.2) is 29.2 Å². The maximum Gasteiger partial charge on any atom is 0.310 e. The Labute approximate surface area is 112 Å². The number of rotatable bonds is 4. The van der Waals surface area contributed by atoms with Gasteiger partial charge in [-0.3, -0.25) is 9.59 Å². The van der Waals surface area contributed by atoms with Crippen LogP contribution in [-0.2, 0) is 11.3 Å². The highest BCUT2D eigenvalue weighted by molar-refractivity contribution is 5.74. The molecular formula is C14H20N2O3. The number of pyridine rings is 1. The fourth-order valence-corrected chi connectivity index (χ4v) is 2.60. The quantitative estimate of drug-likeness (QED) is 0.882. The molecule has 5 nitrogen and oxygen atoms in total. The summed E-state index contributed by atoms with van der Waals surface area (Å²) in [6.07, 6.45) is 3.39. The molecule has 0 spiro atoms. The molecule has 104 valence electrons. The van der Waals surface area contributed by atoms with Crippen molar-refractivity contribution in [3.05, 3.63) is 34.7 Å². The number of carboxylic acids is 1. The molecule has 1 aliphatic heterocycles. The fraction of sp³-hybridized carbons (Fsp3) is 0.571. The molecule has 0 aliphatic carbocycles. The van der Waals surface area contributed by atoms with Crippen molar-refractivity contribution in [2.24, 2.45) is 5.41 Å². The molecule has 5 heteroatoms. The van der Waals surface area contributed by atoms with Gasteiger partial charge >= 0.3 is 5.97 Å². The molecule has 0 bridgehead atoms. The van der Waals surface area contributed by atoms with E-state index >= 15 is 0 Å². The van der Waals surface area contributed by atoms with Crippen molar-refractivity contribution in [1.29, 1.82) is 0 Å². The van der Waals surface area contributed by atoms with E-state index in [0.717, 1.165) is 19.4 Å². The molecule has 2 rings (SSSR count). The van der Waals surface area contributed by atoms with Crippen molar-refractivity contribution >= 4 is 5.97 Å². The molecule has 1 aromatic heterocycles. The van der Waals surface area contributed by atoms with E-state index in [1.165, 1.54) is 6.07 Å². The zero-order valence-corrected chi connectivity index (χ0v) is 11.2. The van der Waals surface area contributed by atoms with Crippen LogP contribution < -0.4 is 5.56 Å². The van der Waals surface area contributed by atoms with Crippen LogP contribution in [0.25, 0.3) is 0 Å². The van der Waals surface area contributed by atoms with E-state index in [1.54, 1.807) is 23.8 Å². The molecule has 0 saturated carbocycles. The summed E-state index contributed by atoms with van der Waals surface area (Å²) in [5.41, 5.74) is -0.666. The highest BCUT2D eigenvalue weighted by Crippen LogP contribution is 2.29. The van der Waals surface area contributed by atoms with Crippen molar-refractivity contribution in [3.8, 4) is 0 Å². The van der Waals surface area contributed by atoms with E-state index in [1.807, 2.05) is 6.07 Å². The van der Waals surface area contributed by atoms with E-state index in [9.17, 15) is 14.7 Å². The molecule has 2 heterocycles. The van der Waals surface area contributed by atoms with Gasteiger partial charge in [0, 0.05) is 31.9 Å². The summed E-state index contributed by atoms with van der Waals surface area (Å²) in [6, 6.07) is 5.10. The van der Waals surface area contributed by atoms with Crippen molar-refractivity contribution in [2.45, 2.75) is 26.3 Å². The first-order valence-corrected chi connectivity index (χ1v) is 6.62. The number of hydrogen-bond donors (Lipinski definition) is 1. The van der Waals surface area contributed by atoms with E-state index in [-0.39, 0.29) is 5.56 Å². The number of carbonyl (C=O) groups is 1. The lowest BCUT2D eigenvalue weighted by Crippen LogP contribution is -2.47. The van der Waals surface area contributed by atoms with Gasteiger partial charge < -0.3 is 14.6 Å². The minimum absolute atomic E-state index is 0.0134. The number of aromatic nitrogens is 1. The SMILES string of the molecule is CC1(C(=O)O)CCCN(CCn2ccccc2=O)C1. The third-order valence-electron chi connectivity index (χ3n) is 3.85. The van der Waals surface area contributed by atoms with Crippen molar-refractivity contribution in [2.75, 3.05) is 19.6 Å². The summed E-state index contributed by atoms with van der Waals surface area (Å²) in [4.78, 5) is 25.0. The van der Waals surface area contributed by atoms with Gasteiger partial charge in [0.2, 0.25) is 0 Å². The van der Waals surface area contributed by atoms with Gasteiger partial charge in [0.05, 0.1) is 5.41 Å². The second-order valence-electron chi connectivity index (χ2n) is 5.48. The molecule has 1 fully saturated rings. The number of likely N-dealkylation sites (tertiary alicyclic amines) is 1. The van der Waals surface area contributed by atoms with Gasteiger partial charge in [0.1, 0.15) is 0 Å². The van der Waals surface area contributed by atoms with Gasteiger partial charge in [-0.05, 0) is 32.4 Å². The van der Waals surface area contributed by atoms with Gasteiger partial charge in [0.15, 0.2) is 0 Å². The number of carboxylic acid groups (broad SMARTS) is 1. The Kier molecular flexibility index (Phi) is 4.04. The van der Waals surface area contributed by atoms with Gasteiger partial charge in [0.25, 0.3) is 5.56 Å². The van der Waals surface area contributed by atoms with Gasteiger partial charge in [-0.25, -0.2) is 0 Å². The topological polar surface area (TPSA) is 62.5 Å². The summed E-state index contributed by atoms with van der Waals surface area (Å²) < 4.78 is 1.66. The lowest BCUT2D eigenvalue weighted by molar-refractivity contribution is -0.151. The molecule has 1 atom stereocenters. The van der Waals surface area contributed by atoms with E-state index < -0.39 is 11.4 Å². The number of nitrogens with zero attached hydrogens (tertiary/aromatic N) is 2. The standard InChI is InChI=1S/C14H20N2O3/c1-14(13(18)19)6-4-7-15(11-14)9-10-16-8-3-2-5-12(16)17/h2-3,5,8H,4,6-7,9-11H2,1H3,(H,18,19). The van der Waals surface area contributed by atoms with Crippen LogP contribution in [0, 0.1) is 5.41 Å². The minimum atomic E-state index is -0.728. The Morgan fingerprint density at radius 2 is 2.21 bits per heavy atom. The van der Waals surface area contributed by atoms with Crippen LogP contribution >= 0.6 is 0 Å². The number of piperidine rings is 1. The maximum atomic E-state index is 11.6. The Morgan fingerprint density at radius 1 is 1.42 bits per heavy atom. The highest BCUT2D eigenvalue weighted by atomic mass is 16.4. The van der Waals surface area contributed by atoms with Crippen LogP contribution in [-0.4, -0.2) is 40.2 Å². The Balaban J connectivity index is 1.95. The summed E-state index contributed by atoms with van der Waals surface area (Å²) in [5, 5.41) is 9.26. The highest BCUT2D eigenvalue weighted by Gasteiger charge is 2.37. The lowest BCUT2D eigenvalue weighted by atomic mass is 9.82. The third kappa shape index (κ3) is 3.23. The maximum absolute atomic E-state index is 11.6. The number of hydrogen-bond acceptors (Lipinski definition) is 3. The fourth-order valence-electron chi connectivity index (χ4n) is 2.60. The normalized spacial score (nSPS) is 24.3. The third-order valence-corrected chi connectivity index (χ3v) is 3.85. The predicted octanol–water partition coefficient (Wildman–Crippen LogP) is 1.03. The van der Waals surface area contributed by atoms with Crippen LogP contribution in [0.5, 0.6) is 0 Å². The van der Waals surface area contributed by atoms with Gasteiger partial charge in [-0.15, -0.1) is 0 Å². The van der Waals surface area contributed by atoms with Crippen LogP contribution in [0.2, 0.25) is 0 Å². The van der Waals surface area contributed by atoms with Crippen molar-refractivity contribution in [1.82, 2.24) is 9.47 Å². The first-order chi connectivity index (χ1) is 9.01. The van der Waals surface area contributed by atoms with Crippen molar-refractivity contribution in [3.63, 3.8) is 0 Å². The van der Waals surface area contributed by atoms with E-state index in [0.29, 0.717) is 19.6 Å². The molecule has 19 heavy (non-hydrogen) atoms. The Bertz CT molecular complexity index is 511. The summed E-state index contributed by atoms with van der Waals surface area (Å²) in [5.74, 6) is -0.728. The summed E-state index contributed by atoms with van der Waals surface area (Å²) in [6.45, 7) is 4.59. The monoisotopic (exact) mass is 264 g/mol. The average Bonchev–Trinajstić information content (AvgIpc) is 2.38. The predicted molar refractivity (Wildman–Crippen MR) is 72.1 cm³/mol. The van der Waals surface area contributed by atoms with E-state index in [2.05, 4.69) is 4.90 Å². The second-order valence-corrected chi connectivity index (χ2v) is 5.48. The zero-order valence-electron chi connectivity index (χ0n) is 11.2. The summed E-state index contributed by atoms with van der Waals surface area (Å²) in [7, 11) is 0. The lowest BCUT2D eigenvalue weighted by Gasteiger charge is -2.37. The second kappa shape index (κ2) is 5.57. The summed E-state index contributed by atoms with van der Waals surface area (Å²) >= 11 is 0. The molecule has 0 radical (unpaired) electrons. The molecule has 1 unspecified atom stereocenters. The smallest absolute Gasteiger partial charge is 0.310 e. The van der Waals surface area contributed by atoms with Gasteiger partial charge in [-0.2, -0.15) is 0 Å².